The third-order valence-corrected chi connectivity index (χ3v) is 5.45. The zero-order chi connectivity index (χ0) is 15.3. The van der Waals surface area contributed by atoms with E-state index in [-0.39, 0.29) is 18.1 Å². The molecule has 1 N–H and O–H groups in total. The van der Waals surface area contributed by atoms with E-state index in [1.54, 1.807) is 19.2 Å². The van der Waals surface area contributed by atoms with Crippen molar-refractivity contribution < 1.29 is 12.8 Å². The van der Waals surface area contributed by atoms with Crippen LogP contribution >= 0.6 is 0 Å². The van der Waals surface area contributed by atoms with Crippen LogP contribution in [0.2, 0.25) is 0 Å². The molecule has 0 atom stereocenters. The Hall–Kier alpha value is -1.02. The van der Waals surface area contributed by atoms with Gasteiger partial charge in [-0.25, -0.2) is 17.1 Å². The van der Waals surface area contributed by atoms with Gasteiger partial charge >= 0.3 is 0 Å². The fraction of sp³-hybridized carbons (Fsp3) is 0.571. The molecule has 1 aliphatic rings. The van der Waals surface area contributed by atoms with Gasteiger partial charge in [-0.3, -0.25) is 4.90 Å². The summed E-state index contributed by atoms with van der Waals surface area (Å²) in [5, 5.41) is 3.24. The number of sulfonamides is 1. The average Bonchev–Trinajstić information content (AvgIpc) is 2.48. The Morgan fingerprint density at radius 1 is 1.24 bits per heavy atom. The lowest BCUT2D eigenvalue weighted by molar-refractivity contribution is 0.252. The maximum absolute atomic E-state index is 12.8. The standard InChI is InChI=1S/C14H22FN3O2S/c1-17(12-13-2-4-14(15)5-3-13)21(19,20)11-10-18-8-6-16-7-9-18/h2-5,16H,6-12H2,1H3. The molecule has 0 unspecified atom stereocenters. The average molecular weight is 315 g/mol. The maximum Gasteiger partial charge on any atom is 0.215 e. The minimum atomic E-state index is -3.29. The fourth-order valence-corrected chi connectivity index (χ4v) is 3.43. The van der Waals surface area contributed by atoms with E-state index in [1.165, 1.54) is 16.4 Å². The molecule has 0 aromatic heterocycles. The van der Waals surface area contributed by atoms with Crippen LogP contribution in [-0.2, 0) is 16.6 Å². The molecule has 7 heteroatoms. The molecule has 0 saturated carbocycles. The summed E-state index contributed by atoms with van der Waals surface area (Å²) in [6.45, 7) is 4.41. The van der Waals surface area contributed by atoms with Gasteiger partial charge in [-0.15, -0.1) is 0 Å². The first-order chi connectivity index (χ1) is 9.97. The highest BCUT2D eigenvalue weighted by Crippen LogP contribution is 2.09. The smallest absolute Gasteiger partial charge is 0.215 e. The summed E-state index contributed by atoms with van der Waals surface area (Å²) >= 11 is 0. The summed E-state index contributed by atoms with van der Waals surface area (Å²) in [6.07, 6.45) is 0. The summed E-state index contributed by atoms with van der Waals surface area (Å²) in [6, 6.07) is 5.91. The Bertz CT molecular complexity index is 542. The second kappa shape index (κ2) is 7.31. The molecule has 0 amide bonds. The Balaban J connectivity index is 1.87. The van der Waals surface area contributed by atoms with Gasteiger partial charge < -0.3 is 5.32 Å². The van der Waals surface area contributed by atoms with Crippen LogP contribution in [0.3, 0.4) is 0 Å². The molecule has 5 nitrogen and oxygen atoms in total. The number of hydrogen-bond acceptors (Lipinski definition) is 4. The molecule has 118 valence electrons. The quantitative estimate of drug-likeness (QED) is 0.830. The van der Waals surface area contributed by atoms with Gasteiger partial charge in [0.05, 0.1) is 5.75 Å². The van der Waals surface area contributed by atoms with Crippen LogP contribution in [0.15, 0.2) is 24.3 Å². The second-order valence-corrected chi connectivity index (χ2v) is 7.49. The molecule has 1 aliphatic heterocycles. The molecular formula is C14H22FN3O2S. The van der Waals surface area contributed by atoms with Crippen molar-refractivity contribution >= 4 is 10.0 Å². The summed E-state index contributed by atoms with van der Waals surface area (Å²) < 4.78 is 38.7. The minimum absolute atomic E-state index is 0.116. The largest absolute Gasteiger partial charge is 0.314 e. The second-order valence-electron chi connectivity index (χ2n) is 5.29. The Labute approximate surface area is 125 Å². The van der Waals surface area contributed by atoms with Crippen LogP contribution in [0.1, 0.15) is 5.56 Å². The first kappa shape index (κ1) is 16.4. The van der Waals surface area contributed by atoms with Gasteiger partial charge in [0.1, 0.15) is 5.82 Å². The van der Waals surface area contributed by atoms with E-state index < -0.39 is 10.0 Å². The third-order valence-electron chi connectivity index (χ3n) is 3.67. The van der Waals surface area contributed by atoms with Crippen molar-refractivity contribution in [3.8, 4) is 0 Å². The molecule has 0 aliphatic carbocycles. The Kier molecular flexibility index (Phi) is 5.69. The summed E-state index contributed by atoms with van der Waals surface area (Å²) in [4.78, 5) is 2.15. The van der Waals surface area contributed by atoms with Crippen LogP contribution in [0.4, 0.5) is 4.39 Å². The lowest BCUT2D eigenvalue weighted by atomic mass is 10.2. The van der Waals surface area contributed by atoms with E-state index in [9.17, 15) is 12.8 Å². The van der Waals surface area contributed by atoms with Gasteiger partial charge in [-0.05, 0) is 17.7 Å². The van der Waals surface area contributed by atoms with Crippen molar-refractivity contribution in [1.29, 1.82) is 0 Å². The molecule has 1 fully saturated rings. The van der Waals surface area contributed by atoms with Crippen molar-refractivity contribution in [2.75, 3.05) is 45.5 Å². The summed E-state index contributed by atoms with van der Waals surface area (Å²) in [5.74, 6) is -0.201. The zero-order valence-electron chi connectivity index (χ0n) is 12.3. The highest BCUT2D eigenvalue weighted by molar-refractivity contribution is 7.89. The van der Waals surface area contributed by atoms with Crippen LogP contribution in [0.25, 0.3) is 0 Å². The molecule has 2 rings (SSSR count). The van der Waals surface area contributed by atoms with Gasteiger partial charge in [-0.1, -0.05) is 12.1 Å². The molecule has 1 aromatic rings. The van der Waals surface area contributed by atoms with Crippen LogP contribution in [0.5, 0.6) is 0 Å². The van der Waals surface area contributed by atoms with Gasteiger partial charge in [0.2, 0.25) is 10.0 Å². The highest BCUT2D eigenvalue weighted by Gasteiger charge is 2.20. The van der Waals surface area contributed by atoms with E-state index in [2.05, 4.69) is 10.2 Å². The molecule has 0 bridgehead atoms. The Morgan fingerprint density at radius 3 is 2.48 bits per heavy atom. The topological polar surface area (TPSA) is 52.7 Å². The van der Waals surface area contributed by atoms with Gasteiger partial charge in [0.15, 0.2) is 0 Å². The monoisotopic (exact) mass is 315 g/mol. The molecule has 1 saturated heterocycles. The lowest BCUT2D eigenvalue weighted by Gasteiger charge is -2.27. The van der Waals surface area contributed by atoms with Crippen molar-refractivity contribution in [1.82, 2.24) is 14.5 Å². The van der Waals surface area contributed by atoms with Crippen LogP contribution in [-0.4, -0.2) is 63.1 Å². The van der Waals surface area contributed by atoms with Gasteiger partial charge in [-0.2, -0.15) is 0 Å². The number of rotatable bonds is 6. The molecule has 1 aromatic carbocycles. The number of piperazine rings is 1. The van der Waals surface area contributed by atoms with Crippen molar-refractivity contribution in [3.63, 3.8) is 0 Å². The van der Waals surface area contributed by atoms with E-state index >= 15 is 0 Å². The molecule has 0 spiro atoms. The van der Waals surface area contributed by atoms with Gasteiger partial charge in [0, 0.05) is 46.3 Å². The number of halogens is 1. The maximum atomic E-state index is 12.8. The number of nitrogens with one attached hydrogen (secondary N) is 1. The van der Waals surface area contributed by atoms with Gasteiger partial charge in [0.25, 0.3) is 0 Å². The molecular weight excluding hydrogens is 293 g/mol. The van der Waals surface area contributed by atoms with E-state index in [4.69, 9.17) is 0 Å². The predicted octanol–water partition coefficient (Wildman–Crippen LogP) is 0.493. The normalized spacial score (nSPS) is 17.3. The van der Waals surface area contributed by atoms with Crippen molar-refractivity contribution in [2.45, 2.75) is 6.54 Å². The predicted molar refractivity (Wildman–Crippen MR) is 81.0 cm³/mol. The number of hydrogen-bond donors (Lipinski definition) is 1. The number of nitrogens with zero attached hydrogens (tertiary/aromatic N) is 2. The Morgan fingerprint density at radius 2 is 1.86 bits per heavy atom. The van der Waals surface area contributed by atoms with E-state index in [0.717, 1.165) is 31.7 Å². The zero-order valence-corrected chi connectivity index (χ0v) is 13.1. The van der Waals surface area contributed by atoms with Crippen molar-refractivity contribution in [3.05, 3.63) is 35.6 Å². The third kappa shape index (κ3) is 5.03. The SMILES string of the molecule is CN(Cc1ccc(F)cc1)S(=O)(=O)CCN1CCNCC1. The number of benzene rings is 1. The first-order valence-corrected chi connectivity index (χ1v) is 8.70. The molecule has 1 heterocycles. The van der Waals surface area contributed by atoms with E-state index in [0.29, 0.717) is 6.54 Å². The molecule has 0 radical (unpaired) electrons. The fourth-order valence-electron chi connectivity index (χ4n) is 2.28. The van der Waals surface area contributed by atoms with E-state index in [1.807, 2.05) is 0 Å². The summed E-state index contributed by atoms with van der Waals surface area (Å²) in [7, 11) is -1.72. The first-order valence-electron chi connectivity index (χ1n) is 7.09. The van der Waals surface area contributed by atoms with Crippen molar-refractivity contribution in [2.24, 2.45) is 0 Å². The van der Waals surface area contributed by atoms with Crippen LogP contribution < -0.4 is 5.32 Å². The molecule has 21 heavy (non-hydrogen) atoms. The van der Waals surface area contributed by atoms with Crippen LogP contribution in [0, 0.1) is 5.82 Å². The minimum Gasteiger partial charge on any atom is -0.314 e. The lowest BCUT2D eigenvalue weighted by Crippen LogP contribution is -2.46. The summed E-state index contributed by atoms with van der Waals surface area (Å²) in [5.41, 5.74) is 0.782. The highest BCUT2D eigenvalue weighted by atomic mass is 32.2.